The smallest absolute Gasteiger partial charge is 0.408 e. The van der Waals surface area contributed by atoms with Gasteiger partial charge in [-0.2, -0.15) is 0 Å². The summed E-state index contributed by atoms with van der Waals surface area (Å²) in [5.41, 5.74) is 0.185. The Labute approximate surface area is 320 Å². The topological polar surface area (TPSA) is 195 Å². The van der Waals surface area contributed by atoms with Gasteiger partial charge < -0.3 is 29.7 Å². The summed E-state index contributed by atoms with van der Waals surface area (Å²) in [4.78, 5) is 66.8. The van der Waals surface area contributed by atoms with Crippen LogP contribution in [0.2, 0.25) is 0 Å². The molecular formula is C39H50N6O9S. The van der Waals surface area contributed by atoms with Crippen LogP contribution in [0.5, 0.6) is 11.6 Å². The number of ether oxygens (including phenoxy) is 3. The minimum absolute atomic E-state index is 0.0112. The zero-order chi connectivity index (χ0) is 38.7. The van der Waals surface area contributed by atoms with Crippen molar-refractivity contribution in [2.24, 2.45) is 17.8 Å². The van der Waals surface area contributed by atoms with Crippen LogP contribution in [0.3, 0.4) is 0 Å². The van der Waals surface area contributed by atoms with Gasteiger partial charge >= 0.3 is 6.09 Å². The van der Waals surface area contributed by atoms with E-state index in [9.17, 15) is 27.6 Å². The molecule has 4 saturated carbocycles. The van der Waals surface area contributed by atoms with Crippen LogP contribution in [0.15, 0.2) is 30.4 Å². The molecule has 6 aliphatic rings. The van der Waals surface area contributed by atoms with Gasteiger partial charge in [0.2, 0.25) is 27.7 Å². The van der Waals surface area contributed by atoms with Gasteiger partial charge in [0, 0.05) is 18.4 Å². The van der Waals surface area contributed by atoms with E-state index in [1.54, 1.807) is 39.2 Å². The van der Waals surface area contributed by atoms with E-state index < -0.39 is 68.2 Å². The predicted octanol–water partition coefficient (Wildman–Crippen LogP) is 3.58. The molecule has 1 unspecified atom stereocenters. The number of methoxy groups -OCH3 is 1. The van der Waals surface area contributed by atoms with Gasteiger partial charge in [-0.25, -0.2) is 23.2 Å². The third kappa shape index (κ3) is 7.58. The summed E-state index contributed by atoms with van der Waals surface area (Å²) in [6.45, 7) is 3.34. The molecule has 8 rings (SSSR count). The fourth-order valence-electron chi connectivity index (χ4n) is 8.53. The molecule has 296 valence electrons. The van der Waals surface area contributed by atoms with Crippen LogP contribution in [0.4, 0.5) is 4.79 Å². The zero-order valence-electron chi connectivity index (χ0n) is 31.5. The lowest BCUT2D eigenvalue weighted by Gasteiger charge is -2.30. The van der Waals surface area contributed by atoms with Crippen LogP contribution in [0.1, 0.15) is 89.7 Å². The van der Waals surface area contributed by atoms with Gasteiger partial charge in [0.1, 0.15) is 41.3 Å². The first-order valence-electron chi connectivity index (χ1n) is 19.6. The molecule has 1 saturated heterocycles. The summed E-state index contributed by atoms with van der Waals surface area (Å²) in [5, 5.41) is 5.73. The Morgan fingerprint density at radius 1 is 1.00 bits per heavy atom. The first-order valence-corrected chi connectivity index (χ1v) is 21.1. The van der Waals surface area contributed by atoms with Crippen molar-refractivity contribution in [2.45, 2.75) is 125 Å². The van der Waals surface area contributed by atoms with Crippen molar-refractivity contribution in [1.29, 1.82) is 0 Å². The van der Waals surface area contributed by atoms with E-state index in [1.807, 2.05) is 12.2 Å². The number of rotatable bonds is 8. The molecule has 15 nitrogen and oxygen atoms in total. The van der Waals surface area contributed by atoms with Gasteiger partial charge in [-0.05, 0) is 95.6 Å². The summed E-state index contributed by atoms with van der Waals surface area (Å²) in [6, 6.07) is 3.25. The largest absolute Gasteiger partial charge is 0.497 e. The highest BCUT2D eigenvalue weighted by Gasteiger charge is 2.63. The molecule has 2 aliphatic heterocycles. The minimum atomic E-state index is -3.98. The van der Waals surface area contributed by atoms with Gasteiger partial charge in [0.05, 0.1) is 29.4 Å². The number of carbonyl (C=O) groups excluding carboxylic acids is 4. The number of fused-ring (bicyclic) bond motifs is 4. The fourth-order valence-corrected chi connectivity index (χ4v) is 9.84. The maximum Gasteiger partial charge on any atom is 0.408 e. The van der Waals surface area contributed by atoms with Crippen LogP contribution in [0, 0.1) is 24.7 Å². The number of sulfonamides is 1. The van der Waals surface area contributed by atoms with Gasteiger partial charge in [-0.1, -0.05) is 25.0 Å². The van der Waals surface area contributed by atoms with Crippen molar-refractivity contribution in [3.63, 3.8) is 0 Å². The quantitative estimate of drug-likeness (QED) is 0.332. The molecule has 3 heterocycles. The highest BCUT2D eigenvalue weighted by Crippen LogP contribution is 2.52. The molecule has 16 heteroatoms. The molecule has 5 fully saturated rings. The van der Waals surface area contributed by atoms with Gasteiger partial charge in [0.25, 0.3) is 5.91 Å². The number of alkyl carbamates (subject to hydrolysis) is 1. The molecule has 4 amide bonds. The molecule has 3 N–H and O–H groups in total. The highest BCUT2D eigenvalue weighted by atomic mass is 32.2. The van der Waals surface area contributed by atoms with Crippen molar-refractivity contribution in [1.82, 2.24) is 30.2 Å². The molecule has 2 aromatic rings. The third-order valence-corrected chi connectivity index (χ3v) is 14.7. The van der Waals surface area contributed by atoms with E-state index in [4.69, 9.17) is 14.2 Å². The Bertz CT molecular complexity index is 2030. The van der Waals surface area contributed by atoms with Crippen LogP contribution in [-0.2, 0) is 29.1 Å². The number of allylic oxidation sites excluding steroid dienone is 1. The van der Waals surface area contributed by atoms with Crippen molar-refractivity contribution in [3.8, 4) is 11.6 Å². The average molecular weight is 779 g/mol. The second-order valence-corrected chi connectivity index (χ2v) is 18.8. The normalized spacial score (nSPS) is 33.1. The molecule has 0 spiro atoms. The summed E-state index contributed by atoms with van der Waals surface area (Å²) < 4.78 is 45.1. The number of amides is 4. The number of aromatic nitrogens is 2. The Balaban J connectivity index is 1.07. The Morgan fingerprint density at radius 2 is 1.78 bits per heavy atom. The van der Waals surface area contributed by atoms with Crippen LogP contribution >= 0.6 is 0 Å². The number of hydrogen-bond acceptors (Lipinski definition) is 11. The molecule has 1 aromatic carbocycles. The number of nitrogens with zero attached hydrogens (tertiary/aromatic N) is 3. The Morgan fingerprint density at radius 3 is 2.53 bits per heavy atom. The number of nitrogens with one attached hydrogen (secondary N) is 3. The van der Waals surface area contributed by atoms with E-state index in [1.165, 1.54) is 11.3 Å². The van der Waals surface area contributed by atoms with Crippen molar-refractivity contribution in [2.75, 3.05) is 13.7 Å². The van der Waals surface area contributed by atoms with Gasteiger partial charge in [-0.15, -0.1) is 0 Å². The number of hydrogen-bond donors (Lipinski definition) is 3. The SMILES string of the molecule is COc1ccc2nc(C)c(O[C@@H]3C[C@H]4C(=O)N[C@]5(C(=O)NS(=O)(=O)C6(C)CC6)C[C@H]5/C=C/CCCCC[C@H](NC(=O)OC5C[C@@H]6C[C@@H]6C5)C(=O)N4C3)nc2c1. The number of carbonyl (C=O) groups is 4. The lowest BCUT2D eigenvalue weighted by Crippen LogP contribution is -2.58. The molecule has 1 aromatic heterocycles. The van der Waals surface area contributed by atoms with Crippen molar-refractivity contribution in [3.05, 3.63) is 36.0 Å². The van der Waals surface area contributed by atoms with Crippen LogP contribution in [0.25, 0.3) is 11.0 Å². The molecule has 55 heavy (non-hydrogen) atoms. The highest BCUT2D eigenvalue weighted by molar-refractivity contribution is 7.91. The summed E-state index contributed by atoms with van der Waals surface area (Å²) in [5.74, 6) is -0.257. The average Bonchev–Trinajstić information content (AvgIpc) is 4.10. The monoisotopic (exact) mass is 778 g/mol. The molecule has 8 atom stereocenters. The maximum absolute atomic E-state index is 14.6. The third-order valence-electron chi connectivity index (χ3n) is 12.5. The molecule has 4 aliphatic carbocycles. The van der Waals surface area contributed by atoms with Gasteiger partial charge in [-0.3, -0.25) is 19.1 Å². The minimum Gasteiger partial charge on any atom is -0.497 e. The second kappa shape index (κ2) is 14.2. The number of aryl methyl sites for hydroxylation is 1. The summed E-state index contributed by atoms with van der Waals surface area (Å²) in [6.07, 6.45) is 9.54. The Hall–Kier alpha value is -4.47. The fraction of sp³-hybridized carbons (Fsp3) is 0.641. The van der Waals surface area contributed by atoms with Crippen molar-refractivity contribution < 1.29 is 41.8 Å². The van der Waals surface area contributed by atoms with Crippen molar-refractivity contribution >= 4 is 44.9 Å². The van der Waals surface area contributed by atoms with Gasteiger partial charge in [0.15, 0.2) is 0 Å². The van der Waals surface area contributed by atoms with Crippen LogP contribution < -0.4 is 24.8 Å². The summed E-state index contributed by atoms with van der Waals surface area (Å²) in [7, 11) is -2.43. The van der Waals surface area contributed by atoms with E-state index in [2.05, 4.69) is 25.3 Å². The Kier molecular flexibility index (Phi) is 9.69. The lowest BCUT2D eigenvalue weighted by atomic mass is 10.0. The summed E-state index contributed by atoms with van der Waals surface area (Å²) >= 11 is 0. The first kappa shape index (κ1) is 37.5. The zero-order valence-corrected chi connectivity index (χ0v) is 32.4. The van der Waals surface area contributed by atoms with E-state index >= 15 is 0 Å². The standard InChI is InChI=1S/C39H50N6O9S/c1-22-34(41-31-18-26(52-3)11-12-29(31)40-22)53-28-19-32-33(46)43-39(36(48)44-55(50,51)38(2)13-14-38)20-25(39)9-7-5-4-6-8-10-30(35(47)45(32)21-28)42-37(49)54-27-16-23-15-24(23)17-27/h7,9,11-12,18,23-25,27-28,30,32H,4-6,8,10,13-17,19-21H2,1-3H3,(H,42,49)(H,43,46)(H,44,48)/b9-7+/t23-,24+,25-,27?,28-,30+,32+,39-/m1/s1. The van der Waals surface area contributed by atoms with E-state index in [0.717, 1.165) is 25.7 Å². The predicted molar refractivity (Wildman–Crippen MR) is 199 cm³/mol. The van der Waals surface area contributed by atoms with E-state index in [-0.39, 0.29) is 31.4 Å². The number of benzene rings is 1. The lowest BCUT2D eigenvalue weighted by molar-refractivity contribution is -0.141. The first-order chi connectivity index (χ1) is 26.3. The molecule has 0 bridgehead atoms. The molecular weight excluding hydrogens is 729 g/mol. The second-order valence-electron chi connectivity index (χ2n) is 16.6. The van der Waals surface area contributed by atoms with E-state index in [0.29, 0.717) is 66.4 Å². The van der Waals surface area contributed by atoms with Crippen LogP contribution in [-0.4, -0.2) is 95.3 Å². The maximum atomic E-state index is 14.6. The molecule has 0 radical (unpaired) electrons.